The normalized spacial score (nSPS) is 19.4. The fraction of sp³-hybridized carbons (Fsp3) is 0.227. The Balaban J connectivity index is 1.83. The maximum Gasteiger partial charge on any atom is 0.335 e. The molecular formula is C22H17Cl2NO4. The second-order valence-corrected chi connectivity index (χ2v) is 7.98. The molecule has 0 saturated heterocycles. The molecule has 4 rings (SSSR count). The van der Waals surface area contributed by atoms with Crippen molar-refractivity contribution in [3.05, 3.63) is 74.9 Å². The van der Waals surface area contributed by atoms with Gasteiger partial charge in [0.25, 0.3) is 0 Å². The monoisotopic (exact) mass is 429 g/mol. The predicted octanol–water partition coefficient (Wildman–Crippen LogP) is 5.22. The van der Waals surface area contributed by atoms with Crippen molar-refractivity contribution in [2.75, 3.05) is 4.90 Å². The summed E-state index contributed by atoms with van der Waals surface area (Å²) < 4.78 is 0. The van der Waals surface area contributed by atoms with E-state index in [-0.39, 0.29) is 23.7 Å². The van der Waals surface area contributed by atoms with Crippen LogP contribution in [0, 0.1) is 0 Å². The number of halogens is 2. The molecule has 1 unspecified atom stereocenters. The van der Waals surface area contributed by atoms with Crippen LogP contribution in [0.3, 0.4) is 0 Å². The number of carboxylic acids is 1. The highest BCUT2D eigenvalue weighted by Gasteiger charge is 2.40. The van der Waals surface area contributed by atoms with Crippen LogP contribution in [-0.4, -0.2) is 22.8 Å². The molecule has 0 saturated carbocycles. The van der Waals surface area contributed by atoms with Crippen molar-refractivity contribution in [1.82, 2.24) is 0 Å². The van der Waals surface area contributed by atoms with Gasteiger partial charge in [0.1, 0.15) is 0 Å². The number of Topliss-reactive ketones (excluding diaryl/α,β-unsaturated/α-hetero) is 1. The Morgan fingerprint density at radius 3 is 2.41 bits per heavy atom. The number of hydrogen-bond acceptors (Lipinski definition) is 3. The summed E-state index contributed by atoms with van der Waals surface area (Å²) in [6.45, 7) is 0. The number of hydrogen-bond donors (Lipinski definition) is 1. The van der Waals surface area contributed by atoms with E-state index in [4.69, 9.17) is 28.3 Å². The van der Waals surface area contributed by atoms with Gasteiger partial charge in [0.2, 0.25) is 5.91 Å². The predicted molar refractivity (Wildman–Crippen MR) is 111 cm³/mol. The first-order chi connectivity index (χ1) is 13.9. The van der Waals surface area contributed by atoms with E-state index in [0.717, 1.165) is 0 Å². The van der Waals surface area contributed by atoms with E-state index in [1.54, 1.807) is 35.2 Å². The van der Waals surface area contributed by atoms with Gasteiger partial charge in [0.15, 0.2) is 5.78 Å². The van der Waals surface area contributed by atoms with E-state index in [1.807, 2.05) is 0 Å². The zero-order chi connectivity index (χ0) is 20.7. The van der Waals surface area contributed by atoms with E-state index in [9.17, 15) is 14.4 Å². The molecule has 0 bridgehead atoms. The molecule has 0 fully saturated rings. The fourth-order valence-electron chi connectivity index (χ4n) is 4.10. The lowest BCUT2D eigenvalue weighted by molar-refractivity contribution is -0.119. The molecule has 1 amide bonds. The number of carbonyl (C=O) groups is 3. The number of carbonyl (C=O) groups excluding carboxylic acids is 2. The molecule has 1 N–H and O–H groups in total. The van der Waals surface area contributed by atoms with Gasteiger partial charge in [-0.05, 0) is 54.8 Å². The Kier molecular flexibility index (Phi) is 5.19. The summed E-state index contributed by atoms with van der Waals surface area (Å²) >= 11 is 12.4. The number of allylic oxidation sites excluding steroid dienone is 2. The van der Waals surface area contributed by atoms with E-state index in [0.29, 0.717) is 51.8 Å². The van der Waals surface area contributed by atoms with E-state index < -0.39 is 11.9 Å². The number of nitrogens with zero attached hydrogens (tertiary/aromatic N) is 1. The largest absolute Gasteiger partial charge is 0.478 e. The maximum atomic E-state index is 13.1. The highest BCUT2D eigenvalue weighted by atomic mass is 35.5. The number of carboxylic acid groups (broad SMARTS) is 1. The van der Waals surface area contributed by atoms with Crippen LogP contribution >= 0.6 is 23.2 Å². The molecule has 1 aliphatic carbocycles. The minimum Gasteiger partial charge on any atom is -0.478 e. The number of benzene rings is 2. The highest BCUT2D eigenvalue weighted by molar-refractivity contribution is 6.35. The molecule has 0 aromatic heterocycles. The second kappa shape index (κ2) is 7.65. The standard InChI is InChI=1S/C22H17Cl2NO4/c23-13-6-9-15(17(24)10-13)16-11-20(27)25(18-2-1-3-19(26)21(16)18)14-7-4-12(5-8-14)22(28)29/h4-10,16H,1-3,11H2,(H,28,29). The molecule has 0 radical (unpaired) electrons. The number of rotatable bonds is 3. The van der Waals surface area contributed by atoms with Gasteiger partial charge in [-0.2, -0.15) is 0 Å². The molecule has 5 nitrogen and oxygen atoms in total. The minimum atomic E-state index is -1.04. The molecule has 2 aromatic carbocycles. The summed E-state index contributed by atoms with van der Waals surface area (Å²) in [5, 5.41) is 10.0. The number of ketones is 1. The van der Waals surface area contributed by atoms with Crippen LogP contribution in [0.2, 0.25) is 10.0 Å². The van der Waals surface area contributed by atoms with Crippen LogP contribution in [0.25, 0.3) is 0 Å². The van der Waals surface area contributed by atoms with Crippen molar-refractivity contribution in [1.29, 1.82) is 0 Å². The van der Waals surface area contributed by atoms with Crippen molar-refractivity contribution in [2.24, 2.45) is 0 Å². The van der Waals surface area contributed by atoms with Crippen LogP contribution in [0.15, 0.2) is 53.7 Å². The third kappa shape index (κ3) is 3.56. The van der Waals surface area contributed by atoms with E-state index in [1.165, 1.54) is 12.1 Å². The lowest BCUT2D eigenvalue weighted by Gasteiger charge is -2.38. The summed E-state index contributed by atoms with van der Waals surface area (Å²) in [6, 6.07) is 11.2. The lowest BCUT2D eigenvalue weighted by Crippen LogP contribution is -2.40. The quantitative estimate of drug-likeness (QED) is 0.725. The Hall–Kier alpha value is -2.63. The Bertz CT molecular complexity index is 1060. The number of aromatic carboxylic acids is 1. The van der Waals surface area contributed by atoms with Crippen LogP contribution in [-0.2, 0) is 9.59 Å². The molecule has 1 atom stereocenters. The molecule has 29 heavy (non-hydrogen) atoms. The zero-order valence-electron chi connectivity index (χ0n) is 15.3. The molecular weight excluding hydrogens is 413 g/mol. The summed E-state index contributed by atoms with van der Waals surface area (Å²) in [6.07, 6.45) is 1.79. The van der Waals surface area contributed by atoms with Gasteiger partial charge in [-0.25, -0.2) is 4.79 Å². The first kappa shape index (κ1) is 19.7. The van der Waals surface area contributed by atoms with Crippen molar-refractivity contribution in [2.45, 2.75) is 31.6 Å². The Morgan fingerprint density at radius 1 is 1.03 bits per heavy atom. The summed E-state index contributed by atoms with van der Waals surface area (Å²) in [5.41, 5.74) is 2.70. The van der Waals surface area contributed by atoms with Gasteiger partial charge in [-0.1, -0.05) is 29.3 Å². The van der Waals surface area contributed by atoms with Gasteiger partial charge >= 0.3 is 5.97 Å². The lowest BCUT2D eigenvalue weighted by atomic mass is 9.77. The van der Waals surface area contributed by atoms with Gasteiger partial charge in [-0.3, -0.25) is 14.5 Å². The number of anilines is 1. The summed E-state index contributed by atoms with van der Waals surface area (Å²) in [7, 11) is 0. The first-order valence-electron chi connectivity index (χ1n) is 9.24. The molecule has 7 heteroatoms. The third-order valence-corrected chi connectivity index (χ3v) is 5.95. The fourth-order valence-corrected chi connectivity index (χ4v) is 4.64. The SMILES string of the molecule is O=C1CCCC2=C1C(c1ccc(Cl)cc1Cl)CC(=O)N2c1ccc(C(=O)O)cc1. The van der Waals surface area contributed by atoms with Gasteiger partial charge < -0.3 is 5.11 Å². The second-order valence-electron chi connectivity index (χ2n) is 7.14. The van der Waals surface area contributed by atoms with Gasteiger partial charge in [-0.15, -0.1) is 0 Å². The van der Waals surface area contributed by atoms with Crippen LogP contribution in [0.5, 0.6) is 0 Å². The molecule has 2 aromatic rings. The Labute approximate surface area is 177 Å². The third-order valence-electron chi connectivity index (χ3n) is 5.39. The van der Waals surface area contributed by atoms with E-state index >= 15 is 0 Å². The summed E-state index contributed by atoms with van der Waals surface area (Å²) in [5.74, 6) is -1.59. The minimum absolute atomic E-state index is 0.0157. The Morgan fingerprint density at radius 2 is 1.76 bits per heavy atom. The zero-order valence-corrected chi connectivity index (χ0v) is 16.8. The van der Waals surface area contributed by atoms with Crippen LogP contribution in [0.1, 0.15) is 47.5 Å². The molecule has 0 spiro atoms. The van der Waals surface area contributed by atoms with E-state index in [2.05, 4.69) is 0 Å². The molecule has 1 aliphatic heterocycles. The van der Waals surface area contributed by atoms with Crippen molar-refractivity contribution in [3.8, 4) is 0 Å². The van der Waals surface area contributed by atoms with Crippen LogP contribution in [0.4, 0.5) is 5.69 Å². The summed E-state index contributed by atoms with van der Waals surface area (Å²) in [4.78, 5) is 38.7. The van der Waals surface area contributed by atoms with Gasteiger partial charge in [0, 0.05) is 45.8 Å². The maximum absolute atomic E-state index is 13.1. The van der Waals surface area contributed by atoms with Gasteiger partial charge in [0.05, 0.1) is 5.56 Å². The smallest absolute Gasteiger partial charge is 0.335 e. The average molecular weight is 430 g/mol. The van der Waals surface area contributed by atoms with Crippen molar-refractivity contribution in [3.63, 3.8) is 0 Å². The van der Waals surface area contributed by atoms with Crippen molar-refractivity contribution < 1.29 is 19.5 Å². The average Bonchev–Trinajstić information content (AvgIpc) is 2.68. The molecule has 1 heterocycles. The molecule has 2 aliphatic rings. The van der Waals surface area contributed by atoms with Crippen LogP contribution < -0.4 is 4.90 Å². The topological polar surface area (TPSA) is 74.7 Å². The first-order valence-corrected chi connectivity index (χ1v) is 10.00. The highest BCUT2D eigenvalue weighted by Crippen LogP contribution is 2.45. The number of amides is 1. The van der Waals surface area contributed by atoms with Crippen molar-refractivity contribution >= 4 is 46.5 Å². The molecule has 148 valence electrons.